The molecule has 0 aliphatic carbocycles. The minimum absolute atomic E-state index is 0.422. The number of aromatic nitrogens is 2. The lowest BCUT2D eigenvalue weighted by Gasteiger charge is -2.10. The van der Waals surface area contributed by atoms with Crippen LogP contribution in [0.1, 0.15) is 19.4 Å². The fourth-order valence-electron chi connectivity index (χ4n) is 1.96. The van der Waals surface area contributed by atoms with Gasteiger partial charge in [-0.15, -0.1) is 0 Å². The summed E-state index contributed by atoms with van der Waals surface area (Å²) in [5.41, 5.74) is 1.78. The molecule has 0 aliphatic rings. The molecule has 1 heterocycles. The lowest BCUT2D eigenvalue weighted by molar-refractivity contribution is 0.728. The van der Waals surface area contributed by atoms with E-state index in [1.165, 1.54) is 9.13 Å². The summed E-state index contributed by atoms with van der Waals surface area (Å²) in [5, 5.41) is 0. The SMILES string of the molecule is CC(C)=CCn1ccn(-c2ccccc2C)c(=O)c1=O. The molecule has 0 bridgehead atoms. The molecule has 4 nitrogen and oxygen atoms in total. The highest BCUT2D eigenvalue weighted by Crippen LogP contribution is 2.09. The number of allylic oxidation sites excluding steroid dienone is 2. The van der Waals surface area contributed by atoms with E-state index in [1.54, 1.807) is 12.4 Å². The van der Waals surface area contributed by atoms with Gasteiger partial charge in [-0.3, -0.25) is 14.2 Å². The molecule has 0 fully saturated rings. The van der Waals surface area contributed by atoms with Crippen molar-refractivity contribution in [1.82, 2.24) is 9.13 Å². The number of aryl methyl sites for hydroxylation is 1. The molecule has 1 aromatic carbocycles. The summed E-state index contributed by atoms with van der Waals surface area (Å²) in [6.07, 6.45) is 5.21. The van der Waals surface area contributed by atoms with Crippen molar-refractivity contribution in [2.45, 2.75) is 27.3 Å². The van der Waals surface area contributed by atoms with E-state index >= 15 is 0 Å². The van der Waals surface area contributed by atoms with Crippen molar-refractivity contribution in [2.75, 3.05) is 0 Å². The monoisotopic (exact) mass is 270 g/mol. The van der Waals surface area contributed by atoms with Gasteiger partial charge in [0, 0.05) is 18.9 Å². The number of hydrogen-bond acceptors (Lipinski definition) is 2. The maximum absolute atomic E-state index is 12.2. The van der Waals surface area contributed by atoms with Gasteiger partial charge in [-0.25, -0.2) is 0 Å². The first-order chi connectivity index (χ1) is 9.50. The molecule has 0 unspecified atom stereocenters. The first kappa shape index (κ1) is 14.1. The predicted molar refractivity (Wildman–Crippen MR) is 80.5 cm³/mol. The number of nitrogens with zero attached hydrogens (tertiary/aromatic N) is 2. The van der Waals surface area contributed by atoms with Gasteiger partial charge in [-0.05, 0) is 32.4 Å². The number of rotatable bonds is 3. The van der Waals surface area contributed by atoms with E-state index in [0.29, 0.717) is 6.54 Å². The van der Waals surface area contributed by atoms with Crippen LogP contribution in [0, 0.1) is 6.92 Å². The third-order valence-electron chi connectivity index (χ3n) is 3.13. The minimum Gasteiger partial charge on any atom is -0.305 e. The standard InChI is InChI=1S/C16H18N2O2/c1-12(2)8-9-17-10-11-18(16(20)15(17)19)14-7-5-4-6-13(14)3/h4-8,10-11H,9H2,1-3H3. The predicted octanol–water partition coefficient (Wildman–Crippen LogP) is 2.27. The van der Waals surface area contributed by atoms with Crippen molar-refractivity contribution in [2.24, 2.45) is 0 Å². The van der Waals surface area contributed by atoms with Gasteiger partial charge < -0.3 is 4.57 Å². The molecular formula is C16H18N2O2. The van der Waals surface area contributed by atoms with E-state index in [2.05, 4.69) is 0 Å². The fraction of sp³-hybridized carbons (Fsp3) is 0.250. The van der Waals surface area contributed by atoms with Crippen LogP contribution in [0.25, 0.3) is 5.69 Å². The van der Waals surface area contributed by atoms with Gasteiger partial charge in [0.25, 0.3) is 0 Å². The third kappa shape index (κ3) is 2.79. The number of para-hydroxylation sites is 1. The highest BCUT2D eigenvalue weighted by atomic mass is 16.2. The Bertz CT molecular complexity index is 763. The van der Waals surface area contributed by atoms with Crippen molar-refractivity contribution in [1.29, 1.82) is 0 Å². The van der Waals surface area contributed by atoms with Crippen LogP contribution in [0.4, 0.5) is 0 Å². The summed E-state index contributed by atoms with van der Waals surface area (Å²) in [6, 6.07) is 7.50. The smallest absolute Gasteiger partial charge is 0.305 e. The van der Waals surface area contributed by atoms with Gasteiger partial charge in [0.1, 0.15) is 0 Å². The molecule has 0 atom stereocenters. The molecule has 20 heavy (non-hydrogen) atoms. The van der Waals surface area contributed by atoms with E-state index in [9.17, 15) is 9.59 Å². The molecule has 4 heteroatoms. The minimum atomic E-state index is -0.524. The Morgan fingerprint density at radius 1 is 1.10 bits per heavy atom. The molecule has 104 valence electrons. The first-order valence-electron chi connectivity index (χ1n) is 6.52. The highest BCUT2D eigenvalue weighted by Gasteiger charge is 2.07. The second kappa shape index (κ2) is 5.74. The number of hydrogen-bond donors (Lipinski definition) is 0. The zero-order valence-electron chi connectivity index (χ0n) is 12.0. The largest absolute Gasteiger partial charge is 0.320 e. The van der Waals surface area contributed by atoms with E-state index in [-0.39, 0.29) is 0 Å². The highest BCUT2D eigenvalue weighted by molar-refractivity contribution is 5.39. The van der Waals surface area contributed by atoms with Crippen LogP contribution in [0.3, 0.4) is 0 Å². The van der Waals surface area contributed by atoms with Gasteiger partial charge in [0.15, 0.2) is 0 Å². The average Bonchev–Trinajstić information content (AvgIpc) is 2.41. The summed E-state index contributed by atoms with van der Waals surface area (Å²) in [5.74, 6) is 0. The zero-order valence-corrected chi connectivity index (χ0v) is 12.0. The van der Waals surface area contributed by atoms with Gasteiger partial charge in [0.05, 0.1) is 5.69 Å². The Hall–Kier alpha value is -2.36. The summed E-state index contributed by atoms with van der Waals surface area (Å²) >= 11 is 0. The fourth-order valence-corrected chi connectivity index (χ4v) is 1.96. The normalized spacial score (nSPS) is 10.3. The molecule has 0 spiro atoms. The molecule has 2 aromatic rings. The Kier molecular flexibility index (Phi) is 4.03. The topological polar surface area (TPSA) is 44.0 Å². The van der Waals surface area contributed by atoms with Gasteiger partial charge in [-0.2, -0.15) is 0 Å². The Morgan fingerprint density at radius 3 is 2.45 bits per heavy atom. The molecule has 0 saturated carbocycles. The maximum atomic E-state index is 12.2. The van der Waals surface area contributed by atoms with Crippen molar-refractivity contribution < 1.29 is 0 Å². The summed E-state index contributed by atoms with van der Waals surface area (Å²) in [7, 11) is 0. The Morgan fingerprint density at radius 2 is 1.80 bits per heavy atom. The molecular weight excluding hydrogens is 252 g/mol. The summed E-state index contributed by atoms with van der Waals surface area (Å²) in [4.78, 5) is 24.3. The molecule has 1 aromatic heterocycles. The Labute approximate surface area is 117 Å². The van der Waals surface area contributed by atoms with E-state index in [4.69, 9.17) is 0 Å². The molecule has 0 aliphatic heterocycles. The van der Waals surface area contributed by atoms with Crippen molar-refractivity contribution in [3.8, 4) is 5.69 Å². The lowest BCUT2D eigenvalue weighted by atomic mass is 10.2. The quantitative estimate of drug-likeness (QED) is 0.634. The van der Waals surface area contributed by atoms with E-state index in [1.807, 2.05) is 51.1 Å². The maximum Gasteiger partial charge on any atom is 0.320 e. The zero-order chi connectivity index (χ0) is 14.7. The van der Waals surface area contributed by atoms with E-state index < -0.39 is 11.1 Å². The molecule has 2 rings (SSSR count). The second-order valence-electron chi connectivity index (χ2n) is 5.00. The molecule has 0 radical (unpaired) electrons. The van der Waals surface area contributed by atoms with Crippen molar-refractivity contribution in [3.05, 3.63) is 74.6 Å². The molecule has 0 N–H and O–H groups in total. The van der Waals surface area contributed by atoms with Crippen LogP contribution in [0.5, 0.6) is 0 Å². The molecule has 0 saturated heterocycles. The van der Waals surface area contributed by atoms with Gasteiger partial charge >= 0.3 is 11.1 Å². The number of benzene rings is 1. The average molecular weight is 270 g/mol. The van der Waals surface area contributed by atoms with E-state index in [0.717, 1.165) is 16.8 Å². The first-order valence-corrected chi connectivity index (χ1v) is 6.52. The van der Waals surface area contributed by atoms with Crippen LogP contribution in [-0.4, -0.2) is 9.13 Å². The third-order valence-corrected chi connectivity index (χ3v) is 3.13. The van der Waals surface area contributed by atoms with Gasteiger partial charge in [0.2, 0.25) is 0 Å². The summed E-state index contributed by atoms with van der Waals surface area (Å²) in [6.45, 7) is 6.25. The second-order valence-corrected chi connectivity index (χ2v) is 5.00. The summed E-state index contributed by atoms with van der Waals surface area (Å²) < 4.78 is 2.82. The van der Waals surface area contributed by atoms with Crippen LogP contribution in [-0.2, 0) is 6.54 Å². The van der Waals surface area contributed by atoms with Crippen molar-refractivity contribution in [3.63, 3.8) is 0 Å². The van der Waals surface area contributed by atoms with Crippen LogP contribution >= 0.6 is 0 Å². The molecule has 0 amide bonds. The van der Waals surface area contributed by atoms with Crippen LogP contribution in [0.2, 0.25) is 0 Å². The lowest BCUT2D eigenvalue weighted by Crippen LogP contribution is -2.39. The van der Waals surface area contributed by atoms with Crippen LogP contribution < -0.4 is 11.1 Å². The van der Waals surface area contributed by atoms with Gasteiger partial charge in [-0.1, -0.05) is 29.8 Å². The van der Waals surface area contributed by atoms with Crippen LogP contribution in [0.15, 0.2) is 57.9 Å². The Balaban J connectivity index is 2.53. The van der Waals surface area contributed by atoms with Crippen molar-refractivity contribution >= 4 is 0 Å².